The highest BCUT2D eigenvalue weighted by Crippen LogP contribution is 2.23. The molecule has 1 fully saturated rings. The quantitative estimate of drug-likeness (QED) is 0.747. The van der Waals surface area contributed by atoms with Crippen LogP contribution in [0.1, 0.15) is 49.8 Å². The molecule has 1 aliphatic carbocycles. The monoisotopic (exact) mass is 265 g/mol. The second kappa shape index (κ2) is 7.57. The molecule has 0 bridgehead atoms. The number of rotatable bonds is 7. The Morgan fingerprint density at radius 1 is 1.33 bits per heavy atom. The minimum Gasteiger partial charge on any atom is -0.356 e. The van der Waals surface area contributed by atoms with Crippen molar-refractivity contribution in [3.05, 3.63) is 22.4 Å². The Labute approximate surface area is 114 Å². The molecule has 0 unspecified atom stereocenters. The number of thiophene rings is 1. The van der Waals surface area contributed by atoms with Gasteiger partial charge in [0.2, 0.25) is 5.91 Å². The first-order valence-electron chi connectivity index (χ1n) is 7.13. The zero-order valence-corrected chi connectivity index (χ0v) is 11.8. The van der Waals surface area contributed by atoms with Crippen LogP contribution in [-0.2, 0) is 11.2 Å². The lowest BCUT2D eigenvalue weighted by molar-refractivity contribution is -0.121. The van der Waals surface area contributed by atoms with Crippen molar-refractivity contribution < 1.29 is 4.79 Å². The predicted octanol–water partition coefficient (Wildman–Crippen LogP) is 3.77. The molecule has 0 atom stereocenters. The van der Waals surface area contributed by atoms with E-state index >= 15 is 0 Å². The first kappa shape index (κ1) is 13.6. The van der Waals surface area contributed by atoms with E-state index in [1.54, 1.807) is 0 Å². The lowest BCUT2D eigenvalue weighted by Gasteiger charge is -2.10. The first-order chi connectivity index (χ1) is 8.84. The van der Waals surface area contributed by atoms with Crippen molar-refractivity contribution in [2.24, 2.45) is 5.92 Å². The van der Waals surface area contributed by atoms with Gasteiger partial charge in [-0.25, -0.2) is 0 Å². The van der Waals surface area contributed by atoms with E-state index in [2.05, 4.69) is 22.8 Å². The molecular formula is C15H23NOS. The number of carbonyl (C=O) groups excluding carboxylic acids is 1. The van der Waals surface area contributed by atoms with Crippen LogP contribution in [0, 0.1) is 5.92 Å². The van der Waals surface area contributed by atoms with Gasteiger partial charge in [-0.1, -0.05) is 18.9 Å². The molecule has 1 N–H and O–H groups in total. The smallest absolute Gasteiger partial charge is 0.220 e. The molecule has 1 heterocycles. The summed E-state index contributed by atoms with van der Waals surface area (Å²) in [5.41, 5.74) is 0. The topological polar surface area (TPSA) is 29.1 Å². The highest BCUT2D eigenvalue weighted by Gasteiger charge is 2.15. The molecule has 0 saturated heterocycles. The SMILES string of the molecule is O=C(CCCCc1cccs1)NCC1CCCC1. The van der Waals surface area contributed by atoms with Crippen LogP contribution in [0.25, 0.3) is 0 Å². The number of carbonyl (C=O) groups is 1. The molecule has 18 heavy (non-hydrogen) atoms. The Hall–Kier alpha value is -0.830. The van der Waals surface area contributed by atoms with E-state index in [0.717, 1.165) is 31.7 Å². The normalized spacial score (nSPS) is 16.0. The van der Waals surface area contributed by atoms with Crippen molar-refractivity contribution in [2.75, 3.05) is 6.54 Å². The summed E-state index contributed by atoms with van der Waals surface area (Å²) in [6.07, 6.45) is 9.25. The zero-order chi connectivity index (χ0) is 12.6. The number of aryl methyl sites for hydroxylation is 1. The maximum atomic E-state index is 11.7. The number of amides is 1. The first-order valence-corrected chi connectivity index (χ1v) is 8.01. The molecule has 1 aromatic heterocycles. The molecule has 0 aromatic carbocycles. The van der Waals surface area contributed by atoms with Crippen molar-refractivity contribution in [3.8, 4) is 0 Å². The van der Waals surface area contributed by atoms with Crippen molar-refractivity contribution in [2.45, 2.75) is 51.4 Å². The van der Waals surface area contributed by atoms with E-state index in [4.69, 9.17) is 0 Å². The fourth-order valence-electron chi connectivity index (χ4n) is 2.60. The zero-order valence-electron chi connectivity index (χ0n) is 11.0. The second-order valence-electron chi connectivity index (χ2n) is 5.24. The standard InChI is InChI=1S/C15H23NOS/c17-15(16-12-13-6-1-2-7-13)10-4-3-8-14-9-5-11-18-14/h5,9,11,13H,1-4,6-8,10,12H2,(H,16,17). The van der Waals surface area contributed by atoms with Gasteiger partial charge < -0.3 is 5.32 Å². The summed E-state index contributed by atoms with van der Waals surface area (Å²) in [5.74, 6) is 0.994. The Morgan fingerprint density at radius 2 is 2.17 bits per heavy atom. The van der Waals surface area contributed by atoms with Gasteiger partial charge in [0.25, 0.3) is 0 Å². The lowest BCUT2D eigenvalue weighted by Crippen LogP contribution is -2.28. The van der Waals surface area contributed by atoms with Gasteiger partial charge in [0.05, 0.1) is 0 Å². The van der Waals surface area contributed by atoms with E-state index in [1.807, 2.05) is 11.3 Å². The summed E-state index contributed by atoms with van der Waals surface area (Å²) in [6, 6.07) is 4.26. The van der Waals surface area contributed by atoms with Crippen LogP contribution < -0.4 is 5.32 Å². The molecule has 3 heteroatoms. The van der Waals surface area contributed by atoms with E-state index in [-0.39, 0.29) is 5.91 Å². The molecule has 0 spiro atoms. The Morgan fingerprint density at radius 3 is 2.89 bits per heavy atom. The molecule has 1 aliphatic rings. The molecule has 100 valence electrons. The van der Waals surface area contributed by atoms with Gasteiger partial charge in [-0.15, -0.1) is 11.3 Å². The summed E-state index contributed by atoms with van der Waals surface area (Å²) >= 11 is 1.81. The number of hydrogen-bond donors (Lipinski definition) is 1. The number of unbranched alkanes of at least 4 members (excludes halogenated alkanes) is 1. The summed E-state index contributed by atoms with van der Waals surface area (Å²) in [6.45, 7) is 0.907. The third-order valence-electron chi connectivity index (χ3n) is 3.72. The Balaban J connectivity index is 1.49. The average Bonchev–Trinajstić information content (AvgIpc) is 3.04. The van der Waals surface area contributed by atoms with Gasteiger partial charge in [-0.05, 0) is 49.5 Å². The highest BCUT2D eigenvalue weighted by atomic mass is 32.1. The minimum atomic E-state index is 0.244. The average molecular weight is 265 g/mol. The summed E-state index contributed by atoms with van der Waals surface area (Å²) in [4.78, 5) is 13.1. The number of nitrogens with one attached hydrogen (secondary N) is 1. The largest absolute Gasteiger partial charge is 0.356 e. The molecule has 0 radical (unpaired) electrons. The van der Waals surface area contributed by atoms with Gasteiger partial charge in [0, 0.05) is 17.8 Å². The molecule has 1 amide bonds. The molecule has 2 nitrogen and oxygen atoms in total. The second-order valence-corrected chi connectivity index (χ2v) is 6.27. The highest BCUT2D eigenvalue weighted by molar-refractivity contribution is 7.09. The molecule has 0 aliphatic heterocycles. The van der Waals surface area contributed by atoms with Gasteiger partial charge >= 0.3 is 0 Å². The molecule has 2 rings (SSSR count). The fourth-order valence-corrected chi connectivity index (χ4v) is 3.35. The third kappa shape index (κ3) is 4.81. The van der Waals surface area contributed by atoms with Crippen LogP contribution in [0.5, 0.6) is 0 Å². The van der Waals surface area contributed by atoms with Crippen LogP contribution >= 0.6 is 11.3 Å². The Bertz CT molecular complexity index is 341. The molecule has 1 aromatic rings. The Kier molecular flexibility index (Phi) is 5.72. The van der Waals surface area contributed by atoms with Gasteiger partial charge in [-0.3, -0.25) is 4.79 Å². The van der Waals surface area contributed by atoms with Crippen LogP contribution in [0.4, 0.5) is 0 Å². The minimum absolute atomic E-state index is 0.244. The van der Waals surface area contributed by atoms with Crippen LogP contribution in [0.2, 0.25) is 0 Å². The third-order valence-corrected chi connectivity index (χ3v) is 4.66. The maximum Gasteiger partial charge on any atom is 0.220 e. The van der Waals surface area contributed by atoms with Gasteiger partial charge in [-0.2, -0.15) is 0 Å². The van der Waals surface area contributed by atoms with Crippen LogP contribution in [-0.4, -0.2) is 12.5 Å². The van der Waals surface area contributed by atoms with Crippen molar-refractivity contribution >= 4 is 17.2 Å². The molecule has 1 saturated carbocycles. The van der Waals surface area contributed by atoms with Crippen LogP contribution in [0.3, 0.4) is 0 Å². The lowest BCUT2D eigenvalue weighted by atomic mass is 10.1. The van der Waals surface area contributed by atoms with Crippen molar-refractivity contribution in [3.63, 3.8) is 0 Å². The number of hydrogen-bond acceptors (Lipinski definition) is 2. The maximum absolute atomic E-state index is 11.7. The van der Waals surface area contributed by atoms with Gasteiger partial charge in [0.15, 0.2) is 0 Å². The van der Waals surface area contributed by atoms with Crippen LogP contribution in [0.15, 0.2) is 17.5 Å². The van der Waals surface area contributed by atoms with Crippen molar-refractivity contribution in [1.82, 2.24) is 5.32 Å². The van der Waals surface area contributed by atoms with Crippen molar-refractivity contribution in [1.29, 1.82) is 0 Å². The predicted molar refractivity (Wildman–Crippen MR) is 76.8 cm³/mol. The van der Waals surface area contributed by atoms with E-state index < -0.39 is 0 Å². The van der Waals surface area contributed by atoms with E-state index in [1.165, 1.54) is 30.6 Å². The fraction of sp³-hybridized carbons (Fsp3) is 0.667. The summed E-state index contributed by atoms with van der Waals surface area (Å²) < 4.78 is 0. The summed E-state index contributed by atoms with van der Waals surface area (Å²) in [7, 11) is 0. The van der Waals surface area contributed by atoms with E-state index in [0.29, 0.717) is 6.42 Å². The van der Waals surface area contributed by atoms with Gasteiger partial charge in [0.1, 0.15) is 0 Å². The molecular weight excluding hydrogens is 242 g/mol. The van der Waals surface area contributed by atoms with E-state index in [9.17, 15) is 4.79 Å². The summed E-state index contributed by atoms with van der Waals surface area (Å²) in [5, 5.41) is 5.20.